The minimum Gasteiger partial charge on any atom is -0.294 e. The smallest absolute Gasteiger partial charge is 0.164 e. The minimum absolute atomic E-state index is 0.198. The van der Waals surface area contributed by atoms with Gasteiger partial charge in [0.2, 0.25) is 0 Å². The number of carbonyl (C=O) groups excluding carboxylic acids is 1. The number of thiophene rings is 1. The van der Waals surface area contributed by atoms with Gasteiger partial charge in [-0.1, -0.05) is 22.0 Å². The summed E-state index contributed by atoms with van der Waals surface area (Å²) in [5.74, 6) is 0.198. The molecule has 0 unspecified atom stereocenters. The molecule has 0 aliphatic carbocycles. The SMILES string of the molecule is O=C(CCc1cccs1)c1cc(I)ccc1Br. The van der Waals surface area contributed by atoms with Crippen LogP contribution in [0.1, 0.15) is 21.7 Å². The van der Waals surface area contributed by atoms with Crippen molar-refractivity contribution in [2.24, 2.45) is 0 Å². The molecule has 2 aromatic rings. The van der Waals surface area contributed by atoms with Crippen LogP contribution in [0.25, 0.3) is 0 Å². The summed E-state index contributed by atoms with van der Waals surface area (Å²) in [5, 5.41) is 2.04. The highest BCUT2D eigenvalue weighted by atomic mass is 127. The van der Waals surface area contributed by atoms with Gasteiger partial charge in [0.15, 0.2) is 5.78 Å². The number of Topliss-reactive ketones (excluding diaryl/α,β-unsaturated/α-hetero) is 1. The normalized spacial score (nSPS) is 10.5. The fourth-order valence-electron chi connectivity index (χ4n) is 1.54. The molecule has 0 aliphatic rings. The van der Waals surface area contributed by atoms with Crippen molar-refractivity contribution in [2.75, 3.05) is 0 Å². The molecule has 0 saturated heterocycles. The fraction of sp³-hybridized carbons (Fsp3) is 0.154. The molecule has 1 aromatic heterocycles. The number of ketones is 1. The zero-order valence-corrected chi connectivity index (χ0v) is 13.5. The van der Waals surface area contributed by atoms with Crippen LogP contribution in [0.5, 0.6) is 0 Å². The summed E-state index contributed by atoms with van der Waals surface area (Å²) >= 11 is 7.35. The third-order valence-corrected chi connectivity index (χ3v) is 4.71. The van der Waals surface area contributed by atoms with Crippen molar-refractivity contribution in [2.45, 2.75) is 12.8 Å². The van der Waals surface area contributed by atoms with Gasteiger partial charge in [0.05, 0.1) is 0 Å². The third-order valence-electron chi connectivity index (χ3n) is 2.41. The van der Waals surface area contributed by atoms with Crippen molar-refractivity contribution in [1.82, 2.24) is 0 Å². The minimum atomic E-state index is 0.198. The van der Waals surface area contributed by atoms with Crippen LogP contribution in [0.4, 0.5) is 0 Å². The van der Waals surface area contributed by atoms with Crippen molar-refractivity contribution in [3.8, 4) is 0 Å². The standard InChI is InChI=1S/C13H10BrIOS/c14-12-5-3-9(15)8-11(12)13(16)6-4-10-2-1-7-17-10/h1-3,5,7-8H,4,6H2. The molecule has 0 aliphatic heterocycles. The molecule has 88 valence electrons. The number of hydrogen-bond donors (Lipinski definition) is 0. The molecular weight excluding hydrogens is 411 g/mol. The maximum absolute atomic E-state index is 12.1. The van der Waals surface area contributed by atoms with Crippen LogP contribution in [0.3, 0.4) is 0 Å². The van der Waals surface area contributed by atoms with E-state index in [9.17, 15) is 4.79 Å². The average Bonchev–Trinajstić information content (AvgIpc) is 2.82. The summed E-state index contributed by atoms with van der Waals surface area (Å²) in [5.41, 5.74) is 0.786. The maximum atomic E-state index is 12.1. The molecule has 1 nitrogen and oxygen atoms in total. The Kier molecular flexibility index (Phi) is 4.76. The lowest BCUT2D eigenvalue weighted by Gasteiger charge is -2.04. The van der Waals surface area contributed by atoms with Gasteiger partial charge in [-0.15, -0.1) is 11.3 Å². The largest absolute Gasteiger partial charge is 0.294 e. The first-order valence-electron chi connectivity index (χ1n) is 5.17. The molecule has 0 amide bonds. The lowest BCUT2D eigenvalue weighted by molar-refractivity contribution is 0.0982. The molecule has 0 radical (unpaired) electrons. The molecule has 1 aromatic carbocycles. The lowest BCUT2D eigenvalue weighted by atomic mass is 10.1. The molecule has 0 spiro atoms. The van der Waals surface area contributed by atoms with E-state index in [1.54, 1.807) is 11.3 Å². The maximum Gasteiger partial charge on any atom is 0.164 e. The highest BCUT2D eigenvalue weighted by Gasteiger charge is 2.10. The lowest BCUT2D eigenvalue weighted by Crippen LogP contribution is -2.02. The molecule has 0 N–H and O–H groups in total. The number of halogens is 2. The third kappa shape index (κ3) is 3.63. The topological polar surface area (TPSA) is 17.1 Å². The summed E-state index contributed by atoms with van der Waals surface area (Å²) in [6.07, 6.45) is 1.40. The second-order valence-corrected chi connectivity index (χ2v) is 6.76. The molecule has 17 heavy (non-hydrogen) atoms. The van der Waals surface area contributed by atoms with Crippen molar-refractivity contribution >= 4 is 55.6 Å². The number of benzene rings is 1. The number of carbonyl (C=O) groups is 1. The average molecular weight is 421 g/mol. The molecule has 2 rings (SSSR count). The molecule has 0 bridgehead atoms. The Bertz CT molecular complexity index is 522. The summed E-state index contributed by atoms with van der Waals surface area (Å²) in [7, 11) is 0. The van der Waals surface area contributed by atoms with Gasteiger partial charge in [0, 0.05) is 24.9 Å². The van der Waals surface area contributed by atoms with Crippen molar-refractivity contribution in [3.63, 3.8) is 0 Å². The first-order chi connectivity index (χ1) is 8.16. The van der Waals surface area contributed by atoms with Crippen molar-refractivity contribution < 1.29 is 4.79 Å². The van der Waals surface area contributed by atoms with Gasteiger partial charge in [0.1, 0.15) is 0 Å². The van der Waals surface area contributed by atoms with Crippen LogP contribution in [0.15, 0.2) is 40.2 Å². The van der Waals surface area contributed by atoms with Crippen molar-refractivity contribution in [3.05, 3.63) is 54.2 Å². The first-order valence-corrected chi connectivity index (χ1v) is 7.92. The van der Waals surface area contributed by atoms with E-state index >= 15 is 0 Å². The Morgan fingerprint density at radius 2 is 2.18 bits per heavy atom. The van der Waals surface area contributed by atoms with E-state index in [0.29, 0.717) is 6.42 Å². The van der Waals surface area contributed by atoms with E-state index in [1.807, 2.05) is 29.6 Å². The molecular formula is C13H10BrIOS. The number of rotatable bonds is 4. The van der Waals surface area contributed by atoms with Gasteiger partial charge < -0.3 is 0 Å². The summed E-state index contributed by atoms with van der Waals surface area (Å²) < 4.78 is 1.97. The Labute approximate surface area is 127 Å². The fourth-order valence-corrected chi connectivity index (χ4v) is 3.21. The summed E-state index contributed by atoms with van der Waals surface area (Å²) in [6, 6.07) is 9.94. The second kappa shape index (κ2) is 6.11. The second-order valence-electron chi connectivity index (χ2n) is 3.63. The molecule has 0 atom stereocenters. The van der Waals surface area contributed by atoms with Gasteiger partial charge in [-0.25, -0.2) is 0 Å². The number of hydrogen-bond acceptors (Lipinski definition) is 2. The zero-order valence-electron chi connectivity index (χ0n) is 8.95. The quantitative estimate of drug-likeness (QED) is 0.506. The Hall–Kier alpha value is -0.200. The Balaban J connectivity index is 2.07. The molecule has 0 fully saturated rings. The summed E-state index contributed by atoms with van der Waals surface area (Å²) in [6.45, 7) is 0. The number of aryl methyl sites for hydroxylation is 1. The van der Waals surface area contributed by atoms with E-state index in [4.69, 9.17) is 0 Å². The van der Waals surface area contributed by atoms with Gasteiger partial charge >= 0.3 is 0 Å². The van der Waals surface area contributed by atoms with Crippen LogP contribution >= 0.6 is 49.9 Å². The van der Waals surface area contributed by atoms with E-state index in [2.05, 4.69) is 44.6 Å². The van der Waals surface area contributed by atoms with Crippen LogP contribution in [0.2, 0.25) is 0 Å². The Morgan fingerprint density at radius 3 is 2.88 bits per heavy atom. The highest BCUT2D eigenvalue weighted by Crippen LogP contribution is 2.22. The monoisotopic (exact) mass is 420 g/mol. The van der Waals surface area contributed by atoms with E-state index in [1.165, 1.54) is 4.88 Å². The van der Waals surface area contributed by atoms with Gasteiger partial charge in [-0.3, -0.25) is 4.79 Å². The first kappa shape index (κ1) is 13.2. The van der Waals surface area contributed by atoms with Crippen LogP contribution < -0.4 is 0 Å². The summed E-state index contributed by atoms with van der Waals surface area (Å²) in [4.78, 5) is 13.3. The zero-order chi connectivity index (χ0) is 12.3. The van der Waals surface area contributed by atoms with E-state index in [-0.39, 0.29) is 5.78 Å². The van der Waals surface area contributed by atoms with Crippen LogP contribution in [-0.4, -0.2) is 5.78 Å². The Morgan fingerprint density at radius 1 is 1.35 bits per heavy atom. The van der Waals surface area contributed by atoms with Gasteiger partial charge in [-0.2, -0.15) is 0 Å². The van der Waals surface area contributed by atoms with E-state index in [0.717, 1.165) is 20.0 Å². The van der Waals surface area contributed by atoms with Gasteiger partial charge in [0.25, 0.3) is 0 Å². The predicted molar refractivity (Wildman–Crippen MR) is 83.8 cm³/mol. The highest BCUT2D eigenvalue weighted by molar-refractivity contribution is 14.1. The predicted octanol–water partition coefficient (Wildman–Crippen LogP) is 4.93. The van der Waals surface area contributed by atoms with Crippen LogP contribution in [-0.2, 0) is 6.42 Å². The van der Waals surface area contributed by atoms with Crippen LogP contribution in [0, 0.1) is 3.57 Å². The molecule has 1 heterocycles. The molecule has 0 saturated carbocycles. The van der Waals surface area contributed by atoms with Crippen molar-refractivity contribution in [1.29, 1.82) is 0 Å². The van der Waals surface area contributed by atoms with E-state index < -0.39 is 0 Å². The molecule has 4 heteroatoms. The van der Waals surface area contributed by atoms with Gasteiger partial charge in [-0.05, 0) is 58.7 Å².